The summed E-state index contributed by atoms with van der Waals surface area (Å²) >= 11 is 1.26. The molecule has 0 saturated heterocycles. The van der Waals surface area contributed by atoms with Crippen LogP contribution in [0, 0.1) is 13.8 Å². The van der Waals surface area contributed by atoms with Crippen LogP contribution < -0.4 is 19.6 Å². The summed E-state index contributed by atoms with van der Waals surface area (Å²) in [5.74, 6) is -0.846. The van der Waals surface area contributed by atoms with E-state index in [9.17, 15) is 19.5 Å². The zero-order chi connectivity index (χ0) is 33.2. The zero-order valence-electron chi connectivity index (χ0n) is 26.4. The normalized spacial score (nSPS) is 14.5. The molecule has 1 aliphatic rings. The van der Waals surface area contributed by atoms with Gasteiger partial charge in [0.2, 0.25) is 0 Å². The number of carbonyl (C=O) groups excluding carboxylic acids is 1. The SMILES string of the molecule is CCOC(=O)C1=C(c2ccccc2)N=c2s/c(=C\c3cc(C)n(-c4ccc(C(=O)O)cc4)c3C)c(=O)n2[C@@H]1c1ccc(OCC)cc1. The maximum Gasteiger partial charge on any atom is 0.338 e. The minimum absolute atomic E-state index is 0.166. The van der Waals surface area contributed by atoms with Gasteiger partial charge in [0.1, 0.15) is 5.75 Å². The van der Waals surface area contributed by atoms with Crippen LogP contribution in [0.5, 0.6) is 5.75 Å². The Morgan fingerprint density at radius 3 is 2.30 bits per heavy atom. The van der Waals surface area contributed by atoms with Crippen LogP contribution in [0.25, 0.3) is 17.5 Å². The Hall–Kier alpha value is -5.48. The fourth-order valence-electron chi connectivity index (χ4n) is 5.89. The number of benzene rings is 3. The van der Waals surface area contributed by atoms with E-state index in [4.69, 9.17) is 14.5 Å². The third kappa shape index (κ3) is 5.95. The van der Waals surface area contributed by atoms with E-state index in [1.54, 1.807) is 35.8 Å². The van der Waals surface area contributed by atoms with Gasteiger partial charge in [-0.15, -0.1) is 0 Å². The van der Waals surface area contributed by atoms with Gasteiger partial charge < -0.3 is 19.1 Å². The molecule has 238 valence electrons. The van der Waals surface area contributed by atoms with E-state index in [-0.39, 0.29) is 23.3 Å². The summed E-state index contributed by atoms with van der Waals surface area (Å²) in [5.41, 5.74) is 5.58. The number of esters is 1. The molecule has 6 rings (SSSR count). The average Bonchev–Trinajstić information content (AvgIpc) is 3.54. The van der Waals surface area contributed by atoms with Gasteiger partial charge in [0.15, 0.2) is 4.80 Å². The number of aromatic nitrogens is 2. The quantitative estimate of drug-likeness (QED) is 0.213. The Labute approximate surface area is 275 Å². The summed E-state index contributed by atoms with van der Waals surface area (Å²) in [7, 11) is 0. The summed E-state index contributed by atoms with van der Waals surface area (Å²) in [6, 6.07) is 24.7. The first kappa shape index (κ1) is 31.5. The number of thiazole rings is 1. The monoisotopic (exact) mass is 647 g/mol. The minimum atomic E-state index is -0.987. The predicted molar refractivity (Wildman–Crippen MR) is 181 cm³/mol. The molecule has 1 N–H and O–H groups in total. The van der Waals surface area contributed by atoms with Gasteiger partial charge in [-0.05, 0) is 87.4 Å². The summed E-state index contributed by atoms with van der Waals surface area (Å²) in [5, 5.41) is 9.31. The van der Waals surface area contributed by atoms with E-state index < -0.39 is 18.0 Å². The fraction of sp³-hybridized carbons (Fsp3) is 0.189. The first-order valence-corrected chi connectivity index (χ1v) is 16.1. The molecule has 0 radical (unpaired) electrons. The first-order valence-electron chi connectivity index (χ1n) is 15.3. The van der Waals surface area contributed by atoms with Crippen molar-refractivity contribution >= 4 is 35.0 Å². The lowest BCUT2D eigenvalue weighted by Gasteiger charge is -2.26. The molecule has 3 heterocycles. The predicted octanol–water partition coefficient (Wildman–Crippen LogP) is 5.44. The molecule has 0 aliphatic carbocycles. The van der Waals surface area contributed by atoms with Crippen LogP contribution in [0.3, 0.4) is 0 Å². The van der Waals surface area contributed by atoms with Crippen molar-refractivity contribution in [1.82, 2.24) is 9.13 Å². The van der Waals surface area contributed by atoms with Gasteiger partial charge in [-0.2, -0.15) is 0 Å². The number of hydrogen-bond acceptors (Lipinski definition) is 7. The van der Waals surface area contributed by atoms with E-state index in [2.05, 4.69) is 0 Å². The molecule has 47 heavy (non-hydrogen) atoms. The Morgan fingerprint density at radius 1 is 0.957 bits per heavy atom. The van der Waals surface area contributed by atoms with Crippen molar-refractivity contribution < 1.29 is 24.2 Å². The van der Waals surface area contributed by atoms with Crippen molar-refractivity contribution in [2.45, 2.75) is 33.7 Å². The van der Waals surface area contributed by atoms with Crippen LogP contribution in [0.4, 0.5) is 0 Å². The van der Waals surface area contributed by atoms with Gasteiger partial charge in [0.05, 0.1) is 40.6 Å². The van der Waals surface area contributed by atoms with Crippen LogP contribution in [0.15, 0.2) is 100 Å². The number of carbonyl (C=O) groups is 2. The van der Waals surface area contributed by atoms with Gasteiger partial charge in [-0.1, -0.05) is 53.8 Å². The molecule has 5 aromatic rings. The van der Waals surface area contributed by atoms with Crippen molar-refractivity contribution in [3.8, 4) is 11.4 Å². The highest BCUT2D eigenvalue weighted by Gasteiger charge is 2.35. The van der Waals surface area contributed by atoms with Gasteiger partial charge in [0.25, 0.3) is 5.56 Å². The minimum Gasteiger partial charge on any atom is -0.494 e. The molecule has 0 spiro atoms. The molecule has 0 amide bonds. The lowest BCUT2D eigenvalue weighted by atomic mass is 9.93. The Kier molecular flexibility index (Phi) is 8.78. The van der Waals surface area contributed by atoms with E-state index in [0.717, 1.165) is 33.8 Å². The van der Waals surface area contributed by atoms with Crippen molar-refractivity contribution in [2.24, 2.45) is 4.99 Å². The number of fused-ring (bicyclic) bond motifs is 1. The summed E-state index contributed by atoms with van der Waals surface area (Å²) < 4.78 is 15.3. The Balaban J connectivity index is 1.56. The zero-order valence-corrected chi connectivity index (χ0v) is 27.2. The van der Waals surface area contributed by atoms with Gasteiger partial charge in [-0.3, -0.25) is 9.36 Å². The van der Waals surface area contributed by atoms with Crippen molar-refractivity contribution in [1.29, 1.82) is 0 Å². The molecule has 0 fully saturated rings. The third-order valence-corrected chi connectivity index (χ3v) is 8.99. The highest BCUT2D eigenvalue weighted by molar-refractivity contribution is 7.07. The van der Waals surface area contributed by atoms with Crippen molar-refractivity contribution in [3.05, 3.63) is 144 Å². The number of ether oxygens (including phenoxy) is 2. The topological polar surface area (TPSA) is 112 Å². The van der Waals surface area contributed by atoms with Crippen LogP contribution in [0.2, 0.25) is 0 Å². The van der Waals surface area contributed by atoms with E-state index in [1.807, 2.05) is 92.1 Å². The molecule has 0 unspecified atom stereocenters. The molecule has 9 nitrogen and oxygen atoms in total. The van der Waals surface area contributed by atoms with E-state index in [1.165, 1.54) is 11.3 Å². The highest BCUT2D eigenvalue weighted by Crippen LogP contribution is 2.35. The smallest absolute Gasteiger partial charge is 0.338 e. The number of rotatable bonds is 9. The van der Waals surface area contributed by atoms with E-state index in [0.29, 0.717) is 27.4 Å². The number of nitrogens with zero attached hydrogens (tertiary/aromatic N) is 3. The molecular weight excluding hydrogens is 614 g/mol. The number of carboxylic acid groups (broad SMARTS) is 1. The number of carboxylic acids is 1. The Morgan fingerprint density at radius 2 is 1.66 bits per heavy atom. The largest absolute Gasteiger partial charge is 0.494 e. The van der Waals surface area contributed by atoms with Crippen molar-refractivity contribution in [3.63, 3.8) is 0 Å². The highest BCUT2D eigenvalue weighted by atomic mass is 32.1. The van der Waals surface area contributed by atoms with Crippen LogP contribution in [-0.4, -0.2) is 39.4 Å². The number of aryl methyl sites for hydroxylation is 1. The lowest BCUT2D eigenvalue weighted by Crippen LogP contribution is -2.40. The molecule has 1 aliphatic heterocycles. The fourth-order valence-corrected chi connectivity index (χ4v) is 6.89. The molecular formula is C37H33N3O6S. The summed E-state index contributed by atoms with van der Waals surface area (Å²) in [4.78, 5) is 44.8. The first-order chi connectivity index (χ1) is 22.7. The van der Waals surface area contributed by atoms with Gasteiger partial charge in [0, 0.05) is 22.6 Å². The maximum absolute atomic E-state index is 14.3. The third-order valence-electron chi connectivity index (χ3n) is 8.01. The molecule has 3 aromatic carbocycles. The molecule has 0 saturated carbocycles. The maximum atomic E-state index is 14.3. The second-order valence-electron chi connectivity index (χ2n) is 10.9. The second kappa shape index (κ2) is 13.1. The summed E-state index contributed by atoms with van der Waals surface area (Å²) in [6.07, 6.45) is 1.85. The lowest BCUT2D eigenvalue weighted by molar-refractivity contribution is -0.138. The van der Waals surface area contributed by atoms with Crippen LogP contribution >= 0.6 is 11.3 Å². The van der Waals surface area contributed by atoms with Crippen molar-refractivity contribution in [2.75, 3.05) is 13.2 Å². The summed E-state index contributed by atoms with van der Waals surface area (Å²) in [6.45, 7) is 8.25. The van der Waals surface area contributed by atoms with Crippen LogP contribution in [0.1, 0.15) is 58.3 Å². The number of aromatic carboxylic acids is 1. The van der Waals surface area contributed by atoms with Crippen LogP contribution in [-0.2, 0) is 9.53 Å². The Bertz CT molecular complexity index is 2190. The number of hydrogen-bond donors (Lipinski definition) is 1. The average molecular weight is 648 g/mol. The molecule has 1 atom stereocenters. The molecule has 2 aromatic heterocycles. The molecule has 0 bridgehead atoms. The standard InChI is InChI=1S/C37H33N3O6S/c1-5-45-29-18-14-25(15-19-29)33-31(36(44)46-6-2)32(24-10-8-7-9-11-24)38-37-40(33)34(41)30(47-37)21-27-20-22(3)39(23(27)4)28-16-12-26(13-17-28)35(42)43/h7-21,33H,5-6H2,1-4H3,(H,42,43)/b30-21-/t33-/m1/s1. The molecule has 10 heteroatoms. The second-order valence-corrected chi connectivity index (χ2v) is 12.0. The van der Waals surface area contributed by atoms with Gasteiger partial charge >= 0.3 is 11.9 Å². The van der Waals surface area contributed by atoms with E-state index >= 15 is 0 Å². The van der Waals surface area contributed by atoms with Gasteiger partial charge in [-0.25, -0.2) is 14.6 Å².